The van der Waals surface area contributed by atoms with Gasteiger partial charge in [0.25, 0.3) is 0 Å². The number of rotatable bonds is 2. The molecule has 0 aromatic carbocycles. The number of nitrogens with zero attached hydrogens (tertiary/aromatic N) is 2. The molecule has 0 aliphatic rings. The summed E-state index contributed by atoms with van der Waals surface area (Å²) in [5, 5.41) is 0.605. The molecule has 0 atom stereocenters. The van der Waals surface area contributed by atoms with Gasteiger partial charge in [-0.15, -0.1) is 0 Å². The summed E-state index contributed by atoms with van der Waals surface area (Å²) in [5.41, 5.74) is 7.83. The van der Waals surface area contributed by atoms with E-state index in [2.05, 4.69) is 9.97 Å². The van der Waals surface area contributed by atoms with Gasteiger partial charge in [-0.3, -0.25) is 4.98 Å². The van der Waals surface area contributed by atoms with Crippen LogP contribution >= 0.6 is 11.6 Å². The number of pyridine rings is 2. The fourth-order valence-corrected chi connectivity index (χ4v) is 1.53. The number of anilines is 1. The summed E-state index contributed by atoms with van der Waals surface area (Å²) in [6.45, 7) is 0. The first kappa shape index (κ1) is 9.93. The van der Waals surface area contributed by atoms with Gasteiger partial charge in [0.1, 0.15) is 5.82 Å². The molecule has 0 aliphatic heterocycles. The van der Waals surface area contributed by atoms with Crippen molar-refractivity contribution in [1.82, 2.24) is 9.97 Å². The molecule has 3 nitrogen and oxygen atoms in total. The Kier molecular flexibility index (Phi) is 2.83. The van der Waals surface area contributed by atoms with Gasteiger partial charge in [-0.1, -0.05) is 11.6 Å². The van der Waals surface area contributed by atoms with Gasteiger partial charge in [-0.05, 0) is 23.8 Å². The topological polar surface area (TPSA) is 51.8 Å². The first-order valence-electron chi connectivity index (χ1n) is 4.54. The molecule has 76 valence electrons. The molecule has 0 spiro atoms. The van der Waals surface area contributed by atoms with Crippen LogP contribution in [0.4, 0.5) is 5.82 Å². The maximum Gasteiger partial charge on any atom is 0.126 e. The van der Waals surface area contributed by atoms with Crippen LogP contribution in [-0.4, -0.2) is 9.97 Å². The molecule has 0 saturated carbocycles. The van der Waals surface area contributed by atoms with Gasteiger partial charge < -0.3 is 5.73 Å². The summed E-state index contributed by atoms with van der Waals surface area (Å²) in [5.74, 6) is 0.524. The Morgan fingerprint density at radius 2 is 2.00 bits per heavy atom. The van der Waals surface area contributed by atoms with Gasteiger partial charge in [-0.25, -0.2) is 4.98 Å². The first-order chi connectivity index (χ1) is 7.25. The van der Waals surface area contributed by atoms with E-state index >= 15 is 0 Å². The van der Waals surface area contributed by atoms with E-state index in [1.165, 1.54) is 0 Å². The second-order valence-electron chi connectivity index (χ2n) is 3.23. The Labute approximate surface area is 92.9 Å². The number of nitrogens with two attached hydrogens (primary N) is 1. The van der Waals surface area contributed by atoms with Gasteiger partial charge in [0.2, 0.25) is 0 Å². The molecule has 0 aliphatic carbocycles. The number of halogens is 1. The van der Waals surface area contributed by atoms with Crippen molar-refractivity contribution in [3.63, 3.8) is 0 Å². The molecular weight excluding hydrogens is 210 g/mol. The van der Waals surface area contributed by atoms with E-state index in [-0.39, 0.29) is 0 Å². The second kappa shape index (κ2) is 4.28. The lowest BCUT2D eigenvalue weighted by Gasteiger charge is -2.04. The monoisotopic (exact) mass is 219 g/mol. The summed E-state index contributed by atoms with van der Waals surface area (Å²) in [7, 11) is 0. The van der Waals surface area contributed by atoms with E-state index in [0.717, 1.165) is 17.5 Å². The van der Waals surface area contributed by atoms with Crippen molar-refractivity contribution < 1.29 is 0 Å². The average molecular weight is 220 g/mol. The molecule has 4 heteroatoms. The lowest BCUT2D eigenvalue weighted by molar-refractivity contribution is 1.14. The van der Waals surface area contributed by atoms with Gasteiger partial charge >= 0.3 is 0 Å². The fourth-order valence-electron chi connectivity index (χ4n) is 1.35. The van der Waals surface area contributed by atoms with Gasteiger partial charge in [-0.2, -0.15) is 0 Å². The molecule has 2 N–H and O–H groups in total. The van der Waals surface area contributed by atoms with Crippen molar-refractivity contribution in [2.75, 3.05) is 5.73 Å². The molecule has 0 amide bonds. The third kappa shape index (κ3) is 2.44. The average Bonchev–Trinajstić information content (AvgIpc) is 2.25. The third-order valence-electron chi connectivity index (χ3n) is 2.11. The minimum atomic E-state index is 0.524. The van der Waals surface area contributed by atoms with Gasteiger partial charge in [0, 0.05) is 30.6 Å². The highest BCUT2D eigenvalue weighted by molar-refractivity contribution is 6.30. The zero-order valence-corrected chi connectivity index (χ0v) is 8.78. The predicted octanol–water partition coefficient (Wildman–Crippen LogP) is 2.30. The molecule has 0 unspecified atom stereocenters. The Balaban J connectivity index is 2.28. The minimum absolute atomic E-state index is 0.524. The van der Waals surface area contributed by atoms with E-state index in [4.69, 9.17) is 17.3 Å². The van der Waals surface area contributed by atoms with Gasteiger partial charge in [0.15, 0.2) is 0 Å². The smallest absolute Gasteiger partial charge is 0.126 e. The van der Waals surface area contributed by atoms with Crippen LogP contribution in [0.1, 0.15) is 11.1 Å². The van der Waals surface area contributed by atoms with E-state index in [1.54, 1.807) is 18.6 Å². The van der Waals surface area contributed by atoms with Crippen molar-refractivity contribution in [1.29, 1.82) is 0 Å². The SMILES string of the molecule is Nc1ncc(Cl)cc1Cc1ccncc1. The molecule has 15 heavy (non-hydrogen) atoms. The highest BCUT2D eigenvalue weighted by Crippen LogP contribution is 2.18. The van der Waals surface area contributed by atoms with E-state index in [1.807, 2.05) is 18.2 Å². The van der Waals surface area contributed by atoms with Crippen LogP contribution in [-0.2, 0) is 6.42 Å². The maximum absolute atomic E-state index is 5.85. The van der Waals surface area contributed by atoms with Crippen molar-refractivity contribution in [3.05, 3.63) is 52.9 Å². The standard InChI is InChI=1S/C11H10ClN3/c12-10-6-9(11(13)15-7-10)5-8-1-3-14-4-2-8/h1-4,6-7H,5H2,(H2,13,15). The first-order valence-corrected chi connectivity index (χ1v) is 4.92. The van der Waals surface area contributed by atoms with Crippen LogP contribution in [0, 0.1) is 0 Å². The molecule has 0 fully saturated rings. The molecule has 2 rings (SSSR count). The zero-order chi connectivity index (χ0) is 10.7. The van der Waals surface area contributed by atoms with E-state index in [9.17, 15) is 0 Å². The number of hydrogen-bond acceptors (Lipinski definition) is 3. The Hall–Kier alpha value is -1.61. The molecule has 2 aromatic heterocycles. The van der Waals surface area contributed by atoms with Crippen LogP contribution < -0.4 is 5.73 Å². The lowest BCUT2D eigenvalue weighted by Crippen LogP contribution is -1.98. The zero-order valence-electron chi connectivity index (χ0n) is 8.02. The summed E-state index contributed by atoms with van der Waals surface area (Å²) >= 11 is 5.85. The van der Waals surface area contributed by atoms with E-state index in [0.29, 0.717) is 10.8 Å². The largest absolute Gasteiger partial charge is 0.383 e. The highest BCUT2D eigenvalue weighted by atomic mass is 35.5. The van der Waals surface area contributed by atoms with Crippen LogP contribution in [0.3, 0.4) is 0 Å². The Morgan fingerprint density at radius 3 is 2.73 bits per heavy atom. The van der Waals surface area contributed by atoms with E-state index < -0.39 is 0 Å². The normalized spacial score (nSPS) is 10.2. The molecule has 0 saturated heterocycles. The second-order valence-corrected chi connectivity index (χ2v) is 3.67. The Bertz CT molecular complexity index is 457. The summed E-state index contributed by atoms with van der Waals surface area (Å²) in [4.78, 5) is 7.96. The van der Waals surface area contributed by atoms with Crippen LogP contribution in [0.15, 0.2) is 36.8 Å². The minimum Gasteiger partial charge on any atom is -0.383 e. The number of hydrogen-bond donors (Lipinski definition) is 1. The quantitative estimate of drug-likeness (QED) is 0.843. The molecule has 2 heterocycles. The van der Waals surface area contributed by atoms with Crippen molar-refractivity contribution in [3.8, 4) is 0 Å². The third-order valence-corrected chi connectivity index (χ3v) is 2.32. The highest BCUT2D eigenvalue weighted by Gasteiger charge is 2.02. The van der Waals surface area contributed by atoms with Gasteiger partial charge in [0.05, 0.1) is 5.02 Å². The number of aromatic nitrogens is 2. The predicted molar refractivity (Wildman–Crippen MR) is 60.7 cm³/mol. The molecule has 2 aromatic rings. The van der Waals surface area contributed by atoms with Crippen molar-refractivity contribution in [2.24, 2.45) is 0 Å². The van der Waals surface area contributed by atoms with Crippen LogP contribution in [0.25, 0.3) is 0 Å². The molecule has 0 radical (unpaired) electrons. The molecular formula is C11H10ClN3. The fraction of sp³-hybridized carbons (Fsp3) is 0.0909. The Morgan fingerprint density at radius 1 is 1.27 bits per heavy atom. The van der Waals surface area contributed by atoms with Crippen LogP contribution in [0.5, 0.6) is 0 Å². The molecule has 0 bridgehead atoms. The maximum atomic E-state index is 5.85. The van der Waals surface area contributed by atoms with Crippen molar-refractivity contribution >= 4 is 17.4 Å². The summed E-state index contributed by atoms with van der Waals surface area (Å²) < 4.78 is 0. The lowest BCUT2D eigenvalue weighted by atomic mass is 10.1. The summed E-state index contributed by atoms with van der Waals surface area (Å²) in [6, 6.07) is 5.73. The van der Waals surface area contributed by atoms with Crippen molar-refractivity contribution in [2.45, 2.75) is 6.42 Å². The summed E-state index contributed by atoms with van der Waals surface area (Å²) in [6.07, 6.45) is 5.78. The van der Waals surface area contributed by atoms with Crippen LogP contribution in [0.2, 0.25) is 5.02 Å². The number of nitrogen functional groups attached to an aromatic ring is 1.